The highest BCUT2D eigenvalue weighted by atomic mass is 19.3. The van der Waals surface area contributed by atoms with Crippen molar-refractivity contribution in [2.45, 2.75) is 89.5 Å². The quantitative estimate of drug-likeness (QED) is 0.0756. The molecule has 0 fully saturated rings. The number of aromatic nitrogens is 2. The number of carbonyl (C=O) groups excluding carboxylic acids is 4. The van der Waals surface area contributed by atoms with Gasteiger partial charge in [0, 0.05) is 26.5 Å². The summed E-state index contributed by atoms with van der Waals surface area (Å²) in [6.07, 6.45) is 2.10. The number of alkyl halides is 2. The third-order valence-corrected chi connectivity index (χ3v) is 10.0. The molecule has 322 valence electrons. The fraction of sp³-hybridized carbons (Fsp3) is 0.409. The van der Waals surface area contributed by atoms with Crippen molar-refractivity contribution in [3.8, 4) is 0 Å². The van der Waals surface area contributed by atoms with E-state index in [1.54, 1.807) is 137 Å². The molecule has 2 aromatic carbocycles. The Hall–Kier alpha value is -6.00. The average Bonchev–Trinajstić information content (AvgIpc) is 3.22. The standard InChI is InChI=1S/C44H56F2N8O6/c1-29(2)37(51-41(57)53(5)27-33-21-13-15-23-47-33)39(55)49-35(25-31-17-9-7-10-18-31)43(45,46)44(59,60)36(26-32-19-11-8-12-20-32)50-40(56)38(30(3)4)52-42(58)54(6)28-34-22-14-16-24-48-34/h7-24,29-30,35-38,59-60H,25-28H2,1-6H3,(H,49,55)(H,50,56)(H,51,57)(H,52,58)/t35-,36-,37-,38-/m0/s1. The van der Waals surface area contributed by atoms with Gasteiger partial charge in [-0.3, -0.25) is 19.6 Å². The van der Waals surface area contributed by atoms with Gasteiger partial charge < -0.3 is 41.3 Å². The molecule has 0 aliphatic rings. The lowest BCUT2D eigenvalue weighted by molar-refractivity contribution is -0.316. The van der Waals surface area contributed by atoms with Crippen LogP contribution in [0.2, 0.25) is 0 Å². The molecule has 0 saturated carbocycles. The summed E-state index contributed by atoms with van der Waals surface area (Å²) in [7, 11) is 3.00. The Balaban J connectivity index is 1.64. The molecule has 4 aromatic rings. The van der Waals surface area contributed by atoms with Gasteiger partial charge in [0.15, 0.2) is 0 Å². The van der Waals surface area contributed by atoms with Gasteiger partial charge >= 0.3 is 18.0 Å². The first-order valence-electron chi connectivity index (χ1n) is 19.7. The van der Waals surface area contributed by atoms with E-state index in [4.69, 9.17) is 0 Å². The third kappa shape index (κ3) is 12.7. The van der Waals surface area contributed by atoms with Crippen molar-refractivity contribution in [2.75, 3.05) is 14.1 Å². The van der Waals surface area contributed by atoms with E-state index in [0.717, 1.165) is 0 Å². The van der Waals surface area contributed by atoms with E-state index in [2.05, 4.69) is 31.2 Å². The number of amides is 6. The number of halogens is 2. The number of hydrogen-bond donors (Lipinski definition) is 6. The minimum atomic E-state index is -4.56. The van der Waals surface area contributed by atoms with Crippen LogP contribution in [-0.2, 0) is 35.5 Å². The molecule has 0 saturated heterocycles. The van der Waals surface area contributed by atoms with Crippen LogP contribution in [0.25, 0.3) is 0 Å². The van der Waals surface area contributed by atoms with Crippen molar-refractivity contribution in [1.82, 2.24) is 41.0 Å². The van der Waals surface area contributed by atoms with Crippen LogP contribution >= 0.6 is 0 Å². The van der Waals surface area contributed by atoms with Crippen molar-refractivity contribution in [2.24, 2.45) is 11.8 Å². The van der Waals surface area contributed by atoms with Crippen LogP contribution in [0.15, 0.2) is 109 Å². The smallest absolute Gasteiger partial charge is 0.322 e. The molecule has 60 heavy (non-hydrogen) atoms. The van der Waals surface area contributed by atoms with Crippen molar-refractivity contribution < 1.29 is 38.2 Å². The number of urea groups is 2. The van der Waals surface area contributed by atoms with Crippen LogP contribution < -0.4 is 21.3 Å². The summed E-state index contributed by atoms with van der Waals surface area (Å²) in [6.45, 7) is 6.74. The zero-order valence-electron chi connectivity index (χ0n) is 34.8. The number of rotatable bonds is 19. The molecular formula is C44H56F2N8O6. The van der Waals surface area contributed by atoms with Crippen molar-refractivity contribution in [3.63, 3.8) is 0 Å². The predicted molar refractivity (Wildman–Crippen MR) is 222 cm³/mol. The van der Waals surface area contributed by atoms with Crippen molar-refractivity contribution >= 4 is 23.9 Å². The molecular weight excluding hydrogens is 775 g/mol. The summed E-state index contributed by atoms with van der Waals surface area (Å²) in [4.78, 5) is 65.5. The van der Waals surface area contributed by atoms with E-state index < -0.39 is 84.4 Å². The van der Waals surface area contributed by atoms with E-state index in [0.29, 0.717) is 22.5 Å². The molecule has 0 bridgehead atoms. The summed E-state index contributed by atoms with van der Waals surface area (Å²) < 4.78 is 34.5. The molecule has 0 aliphatic carbocycles. The minimum absolute atomic E-state index is 0.100. The van der Waals surface area contributed by atoms with E-state index in [-0.39, 0.29) is 13.1 Å². The highest BCUT2D eigenvalue weighted by molar-refractivity contribution is 5.88. The summed E-state index contributed by atoms with van der Waals surface area (Å²) in [5.74, 6) is -11.7. The van der Waals surface area contributed by atoms with Gasteiger partial charge in [-0.2, -0.15) is 8.78 Å². The molecule has 6 amide bonds. The fourth-order valence-corrected chi connectivity index (χ4v) is 6.44. The van der Waals surface area contributed by atoms with Gasteiger partial charge in [0.2, 0.25) is 11.8 Å². The molecule has 6 N–H and O–H groups in total. The number of aliphatic hydroxyl groups is 2. The van der Waals surface area contributed by atoms with E-state index in [1.807, 2.05) is 0 Å². The van der Waals surface area contributed by atoms with Gasteiger partial charge in [-0.05, 0) is 60.1 Å². The first-order valence-corrected chi connectivity index (χ1v) is 19.7. The van der Waals surface area contributed by atoms with Crippen LogP contribution in [0.1, 0.15) is 50.2 Å². The van der Waals surface area contributed by atoms with Crippen molar-refractivity contribution in [1.29, 1.82) is 0 Å². The molecule has 2 aromatic heterocycles. The van der Waals surface area contributed by atoms with Gasteiger partial charge in [0.25, 0.3) is 5.79 Å². The van der Waals surface area contributed by atoms with Gasteiger partial charge in [-0.25, -0.2) is 9.59 Å². The van der Waals surface area contributed by atoms with Gasteiger partial charge in [-0.15, -0.1) is 0 Å². The Bertz CT molecular complexity index is 1830. The summed E-state index contributed by atoms with van der Waals surface area (Å²) in [5, 5.41) is 33.6. The summed E-state index contributed by atoms with van der Waals surface area (Å²) in [5.41, 5.74) is 1.88. The molecule has 0 aliphatic heterocycles. The average molecular weight is 831 g/mol. The van der Waals surface area contributed by atoms with Crippen LogP contribution in [0.5, 0.6) is 0 Å². The van der Waals surface area contributed by atoms with Gasteiger partial charge in [0.05, 0.1) is 30.5 Å². The lowest BCUT2D eigenvalue weighted by Gasteiger charge is -2.42. The molecule has 0 spiro atoms. The molecule has 16 heteroatoms. The normalized spacial score (nSPS) is 13.7. The zero-order valence-corrected chi connectivity index (χ0v) is 34.8. The number of pyridine rings is 2. The van der Waals surface area contributed by atoms with Crippen molar-refractivity contribution in [3.05, 3.63) is 132 Å². The van der Waals surface area contributed by atoms with Crippen LogP contribution in [0.3, 0.4) is 0 Å². The molecule has 0 unspecified atom stereocenters. The Labute approximate surface area is 349 Å². The Morgan fingerprint density at radius 2 is 0.950 bits per heavy atom. The second-order valence-electron chi connectivity index (χ2n) is 15.5. The number of benzene rings is 2. The van der Waals surface area contributed by atoms with E-state index in [1.165, 1.54) is 23.9 Å². The molecule has 14 nitrogen and oxygen atoms in total. The number of hydrogen-bond acceptors (Lipinski definition) is 8. The highest BCUT2D eigenvalue weighted by Crippen LogP contribution is 2.36. The molecule has 2 heterocycles. The van der Waals surface area contributed by atoms with E-state index >= 15 is 8.78 Å². The van der Waals surface area contributed by atoms with Crippen LogP contribution in [0.4, 0.5) is 18.4 Å². The lowest BCUT2D eigenvalue weighted by atomic mass is 9.86. The highest BCUT2D eigenvalue weighted by Gasteiger charge is 2.62. The Morgan fingerprint density at radius 1 is 0.583 bits per heavy atom. The summed E-state index contributed by atoms with van der Waals surface area (Å²) in [6, 6.07) is 18.2. The van der Waals surface area contributed by atoms with Crippen LogP contribution in [0, 0.1) is 11.8 Å². The Morgan fingerprint density at radius 3 is 1.32 bits per heavy atom. The predicted octanol–water partition coefficient (Wildman–Crippen LogP) is 4.28. The van der Waals surface area contributed by atoms with E-state index in [9.17, 15) is 29.4 Å². The molecule has 4 atom stereocenters. The minimum Gasteiger partial charge on any atom is -0.359 e. The van der Waals surface area contributed by atoms with Crippen LogP contribution in [-0.4, -0.2) is 104 Å². The number of carbonyl (C=O) groups is 4. The van der Waals surface area contributed by atoms with Gasteiger partial charge in [0.1, 0.15) is 18.1 Å². The Kier molecular flexibility index (Phi) is 16.6. The number of nitrogens with one attached hydrogen (secondary N) is 4. The maximum Gasteiger partial charge on any atom is 0.322 e. The van der Waals surface area contributed by atoms with Gasteiger partial charge in [-0.1, -0.05) is 100 Å². The molecule has 4 rings (SSSR count). The summed E-state index contributed by atoms with van der Waals surface area (Å²) >= 11 is 0. The second kappa shape index (κ2) is 21.3. The lowest BCUT2D eigenvalue weighted by Crippen LogP contribution is -2.71. The maximum absolute atomic E-state index is 17.2. The monoisotopic (exact) mass is 830 g/mol. The molecule has 0 radical (unpaired) electrons. The SMILES string of the molecule is CC(C)[C@H](NC(=O)N(C)Cc1ccccn1)C(=O)N[C@@H](Cc1ccccc1)C(O)(O)C(F)(F)[C@H](Cc1ccccc1)NC(=O)[C@@H](NC(=O)N(C)Cc1ccccn1)C(C)C. The number of nitrogens with zero attached hydrogens (tertiary/aromatic N) is 4. The largest absolute Gasteiger partial charge is 0.359 e. The first kappa shape index (κ1) is 46.7. The topological polar surface area (TPSA) is 189 Å². The first-order chi connectivity index (χ1) is 28.4. The third-order valence-electron chi connectivity index (χ3n) is 10.0. The second-order valence-corrected chi connectivity index (χ2v) is 15.5. The fourth-order valence-electron chi connectivity index (χ4n) is 6.44. The zero-order chi connectivity index (χ0) is 44.0. The maximum atomic E-state index is 17.2.